The van der Waals surface area contributed by atoms with Crippen molar-refractivity contribution in [1.29, 1.82) is 5.26 Å². The number of unbranched alkanes of at least 4 members (excludes halogenated alkanes) is 1. The van der Waals surface area contributed by atoms with Gasteiger partial charge in [-0.15, -0.1) is 0 Å². The molecule has 28 heavy (non-hydrogen) atoms. The number of nitriles is 1. The molecule has 0 spiro atoms. The normalized spacial score (nSPS) is 10.4. The predicted octanol–water partition coefficient (Wildman–Crippen LogP) is 4.14. The molecule has 1 heterocycles. The summed E-state index contributed by atoms with van der Waals surface area (Å²) in [6.45, 7) is 2.39. The van der Waals surface area contributed by atoms with Crippen LogP contribution in [0.15, 0.2) is 57.7 Å². The Hall–Kier alpha value is -3.59. The molecule has 0 radical (unpaired) electrons. The molecule has 0 atom stereocenters. The second-order valence-electron chi connectivity index (χ2n) is 6.29. The smallest absolute Gasteiger partial charge is 0.338 e. The summed E-state index contributed by atoms with van der Waals surface area (Å²) in [6.07, 6.45) is 0.890. The van der Waals surface area contributed by atoms with Crippen molar-refractivity contribution in [3.63, 3.8) is 0 Å². The molecule has 0 amide bonds. The van der Waals surface area contributed by atoms with Gasteiger partial charge in [0.05, 0.1) is 18.2 Å². The van der Waals surface area contributed by atoms with Crippen LogP contribution >= 0.6 is 0 Å². The summed E-state index contributed by atoms with van der Waals surface area (Å²) >= 11 is 0. The van der Waals surface area contributed by atoms with Crippen LogP contribution in [0.5, 0.6) is 5.75 Å². The number of fused-ring (bicyclic) bond motifs is 1. The third-order valence-electron chi connectivity index (χ3n) is 4.18. The molecule has 3 rings (SSSR count). The molecule has 0 saturated carbocycles. The number of hydrogen-bond acceptors (Lipinski definition) is 6. The average molecular weight is 377 g/mol. The Morgan fingerprint density at radius 3 is 2.68 bits per heavy atom. The Balaban J connectivity index is 1.60. The second kappa shape index (κ2) is 8.87. The van der Waals surface area contributed by atoms with Crippen molar-refractivity contribution in [2.75, 3.05) is 6.61 Å². The Labute approximate surface area is 161 Å². The number of aryl methyl sites for hydroxylation is 1. The fraction of sp³-hybridized carbons (Fsp3) is 0.227. The van der Waals surface area contributed by atoms with Crippen molar-refractivity contribution in [1.82, 2.24) is 0 Å². The van der Waals surface area contributed by atoms with Gasteiger partial charge in [-0.25, -0.2) is 9.59 Å². The van der Waals surface area contributed by atoms with Crippen LogP contribution in [0, 0.1) is 18.3 Å². The van der Waals surface area contributed by atoms with Gasteiger partial charge in [-0.3, -0.25) is 0 Å². The van der Waals surface area contributed by atoms with Gasteiger partial charge in [0.15, 0.2) is 0 Å². The number of esters is 1. The van der Waals surface area contributed by atoms with E-state index in [1.165, 1.54) is 6.07 Å². The third kappa shape index (κ3) is 4.77. The van der Waals surface area contributed by atoms with E-state index in [1.807, 2.05) is 25.1 Å². The van der Waals surface area contributed by atoms with E-state index < -0.39 is 11.6 Å². The molecule has 0 N–H and O–H groups in total. The van der Waals surface area contributed by atoms with Gasteiger partial charge < -0.3 is 13.9 Å². The van der Waals surface area contributed by atoms with Crippen LogP contribution in [0.3, 0.4) is 0 Å². The molecule has 142 valence electrons. The van der Waals surface area contributed by atoms with E-state index in [9.17, 15) is 9.59 Å². The highest BCUT2D eigenvalue weighted by atomic mass is 16.5. The van der Waals surface area contributed by atoms with Gasteiger partial charge >= 0.3 is 11.6 Å². The highest BCUT2D eigenvalue weighted by Gasteiger charge is 2.08. The number of ether oxygens (including phenoxy) is 2. The monoisotopic (exact) mass is 377 g/mol. The first-order valence-electron chi connectivity index (χ1n) is 8.87. The lowest BCUT2D eigenvalue weighted by Gasteiger charge is -2.08. The lowest BCUT2D eigenvalue weighted by Crippen LogP contribution is -2.06. The number of carbonyl (C=O) groups excluding carboxylic acids is 1. The maximum Gasteiger partial charge on any atom is 0.338 e. The number of rotatable bonds is 7. The maximum atomic E-state index is 11.9. The number of benzene rings is 2. The van der Waals surface area contributed by atoms with Crippen LogP contribution in [0.25, 0.3) is 11.0 Å². The molecular weight excluding hydrogens is 358 g/mol. The maximum absolute atomic E-state index is 11.9. The Bertz CT molecular complexity index is 1080. The molecule has 0 bridgehead atoms. The average Bonchev–Trinajstić information content (AvgIpc) is 2.69. The van der Waals surface area contributed by atoms with Gasteiger partial charge in [0.25, 0.3) is 0 Å². The largest absolute Gasteiger partial charge is 0.489 e. The third-order valence-corrected chi connectivity index (χ3v) is 4.18. The summed E-state index contributed by atoms with van der Waals surface area (Å²) < 4.78 is 16.1. The van der Waals surface area contributed by atoms with Gasteiger partial charge in [-0.2, -0.15) is 5.26 Å². The summed E-state index contributed by atoms with van der Waals surface area (Å²) in [5, 5.41) is 9.33. The van der Waals surface area contributed by atoms with Crippen LogP contribution < -0.4 is 10.4 Å². The van der Waals surface area contributed by atoms with Crippen molar-refractivity contribution in [2.45, 2.75) is 26.4 Å². The fourth-order valence-electron chi connectivity index (χ4n) is 2.70. The number of nitrogens with zero attached hydrogens (tertiary/aromatic N) is 1. The molecular formula is C22H19NO5. The molecule has 0 unspecified atom stereocenters. The predicted molar refractivity (Wildman–Crippen MR) is 103 cm³/mol. The second-order valence-corrected chi connectivity index (χ2v) is 6.29. The highest BCUT2D eigenvalue weighted by Crippen LogP contribution is 2.23. The van der Waals surface area contributed by atoms with Crippen LogP contribution in [0.1, 0.15) is 34.3 Å². The zero-order valence-corrected chi connectivity index (χ0v) is 15.4. The van der Waals surface area contributed by atoms with E-state index in [1.54, 1.807) is 30.3 Å². The lowest BCUT2D eigenvalue weighted by molar-refractivity contribution is 0.0501. The van der Waals surface area contributed by atoms with Crippen molar-refractivity contribution in [3.8, 4) is 11.8 Å². The molecule has 0 aliphatic heterocycles. The minimum atomic E-state index is -0.412. The molecule has 6 nitrogen and oxygen atoms in total. The Kier molecular flexibility index (Phi) is 6.07. The Morgan fingerprint density at radius 1 is 1.14 bits per heavy atom. The first kappa shape index (κ1) is 19.2. The topological polar surface area (TPSA) is 89.5 Å². The molecule has 0 aliphatic carbocycles. The minimum Gasteiger partial charge on any atom is -0.489 e. The van der Waals surface area contributed by atoms with Gasteiger partial charge in [0.1, 0.15) is 17.9 Å². The number of carbonyl (C=O) groups is 1. The van der Waals surface area contributed by atoms with Gasteiger partial charge in [0.2, 0.25) is 0 Å². The van der Waals surface area contributed by atoms with E-state index in [0.29, 0.717) is 36.3 Å². The van der Waals surface area contributed by atoms with Crippen molar-refractivity contribution < 1.29 is 18.7 Å². The van der Waals surface area contributed by atoms with E-state index in [-0.39, 0.29) is 6.61 Å². The zero-order chi connectivity index (χ0) is 19.9. The van der Waals surface area contributed by atoms with Gasteiger partial charge in [0, 0.05) is 23.9 Å². The van der Waals surface area contributed by atoms with Crippen LogP contribution in [0.4, 0.5) is 0 Å². The van der Waals surface area contributed by atoms with Gasteiger partial charge in [-0.1, -0.05) is 12.1 Å². The summed E-state index contributed by atoms with van der Waals surface area (Å²) in [5.74, 6) is 0.174. The van der Waals surface area contributed by atoms with E-state index >= 15 is 0 Å². The zero-order valence-electron chi connectivity index (χ0n) is 15.4. The quantitative estimate of drug-likeness (QED) is 0.349. The molecule has 6 heteroatoms. The molecule has 3 aromatic rings. The van der Waals surface area contributed by atoms with Crippen molar-refractivity contribution >= 4 is 16.9 Å². The first-order valence-corrected chi connectivity index (χ1v) is 8.87. The standard InChI is InChI=1S/C22H19NO5/c1-15-12-21(24)28-20-13-18(8-9-19(15)20)27-14-16-4-6-17(7-5-16)22(25)26-11-3-2-10-23/h4-9,12-13H,2-3,11,14H2,1H3. The van der Waals surface area contributed by atoms with Crippen molar-refractivity contribution in [2.24, 2.45) is 0 Å². The highest BCUT2D eigenvalue weighted by molar-refractivity contribution is 5.89. The first-order chi connectivity index (χ1) is 13.6. The SMILES string of the molecule is Cc1cc(=O)oc2cc(OCc3ccc(C(=O)OCCCC#N)cc3)ccc12. The molecule has 0 fully saturated rings. The minimum absolute atomic E-state index is 0.231. The van der Waals surface area contributed by atoms with E-state index in [0.717, 1.165) is 16.5 Å². The van der Waals surface area contributed by atoms with Crippen LogP contribution in [0.2, 0.25) is 0 Å². The summed E-state index contributed by atoms with van der Waals surface area (Å²) in [4.78, 5) is 23.4. The molecule has 0 aliphatic rings. The molecule has 2 aromatic carbocycles. The lowest BCUT2D eigenvalue weighted by atomic mass is 10.1. The van der Waals surface area contributed by atoms with Crippen LogP contribution in [-0.4, -0.2) is 12.6 Å². The van der Waals surface area contributed by atoms with Gasteiger partial charge in [-0.05, 0) is 48.7 Å². The summed E-state index contributed by atoms with van der Waals surface area (Å²) in [5.41, 5.74) is 2.28. The van der Waals surface area contributed by atoms with Crippen LogP contribution in [-0.2, 0) is 11.3 Å². The fourth-order valence-corrected chi connectivity index (χ4v) is 2.70. The summed E-state index contributed by atoms with van der Waals surface area (Å²) in [7, 11) is 0. The number of hydrogen-bond donors (Lipinski definition) is 0. The molecule has 1 aromatic heterocycles. The van der Waals surface area contributed by atoms with E-state index in [2.05, 4.69) is 0 Å². The summed E-state index contributed by atoms with van der Waals surface area (Å²) in [6, 6.07) is 15.8. The Morgan fingerprint density at radius 2 is 1.93 bits per heavy atom. The van der Waals surface area contributed by atoms with E-state index in [4.69, 9.17) is 19.2 Å². The van der Waals surface area contributed by atoms with Crippen molar-refractivity contribution in [3.05, 3.63) is 75.6 Å². The molecule has 0 saturated heterocycles.